The number of rotatable bonds is 6. The van der Waals surface area contributed by atoms with Gasteiger partial charge in [-0.25, -0.2) is 4.99 Å². The second-order valence-corrected chi connectivity index (χ2v) is 6.80. The van der Waals surface area contributed by atoms with Gasteiger partial charge in [0.1, 0.15) is 0 Å². The average molecular weight is 334 g/mol. The number of carbonyl (C=O) groups excluding carboxylic acids is 1. The van der Waals surface area contributed by atoms with E-state index in [0.717, 1.165) is 49.5 Å². The van der Waals surface area contributed by atoms with E-state index in [1.807, 2.05) is 36.0 Å². The summed E-state index contributed by atoms with van der Waals surface area (Å²) in [6, 6.07) is 7.58. The molecule has 1 aromatic carbocycles. The van der Waals surface area contributed by atoms with Crippen LogP contribution in [0, 0.1) is 0 Å². The molecule has 1 aromatic rings. The number of benzene rings is 1. The molecular weight excluding hydrogens is 308 g/mol. The molecule has 0 unspecified atom stereocenters. The first kappa shape index (κ1) is 17.7. The van der Waals surface area contributed by atoms with Crippen molar-refractivity contribution in [1.82, 2.24) is 10.2 Å². The highest BCUT2D eigenvalue weighted by Crippen LogP contribution is 2.10. The molecule has 0 radical (unpaired) electrons. The summed E-state index contributed by atoms with van der Waals surface area (Å²) >= 11 is 1.95. The zero-order valence-electron chi connectivity index (χ0n) is 13.8. The van der Waals surface area contributed by atoms with Gasteiger partial charge in [-0.05, 0) is 24.1 Å². The van der Waals surface area contributed by atoms with Gasteiger partial charge >= 0.3 is 0 Å². The van der Waals surface area contributed by atoms with Crippen LogP contribution in [0.15, 0.2) is 29.3 Å². The Hall–Kier alpha value is -1.69. The van der Waals surface area contributed by atoms with Gasteiger partial charge < -0.3 is 16.0 Å². The molecule has 3 N–H and O–H groups in total. The first-order valence-electron chi connectivity index (χ1n) is 8.20. The monoisotopic (exact) mass is 334 g/mol. The van der Waals surface area contributed by atoms with Crippen molar-refractivity contribution in [1.29, 1.82) is 0 Å². The predicted octanol–water partition coefficient (Wildman–Crippen LogP) is 2.08. The van der Waals surface area contributed by atoms with Crippen LogP contribution in [0.5, 0.6) is 0 Å². The molecule has 0 atom stereocenters. The lowest BCUT2D eigenvalue weighted by Crippen LogP contribution is -2.42. The molecule has 1 amide bonds. The highest BCUT2D eigenvalue weighted by atomic mass is 32.2. The van der Waals surface area contributed by atoms with Gasteiger partial charge in [0.05, 0.1) is 6.54 Å². The molecule has 1 aliphatic rings. The van der Waals surface area contributed by atoms with E-state index in [1.54, 1.807) is 0 Å². The molecule has 0 bridgehead atoms. The number of unbranched alkanes of at least 4 members (excludes halogenated alkanes) is 1. The van der Waals surface area contributed by atoms with Gasteiger partial charge in [0.2, 0.25) is 0 Å². The Labute approximate surface area is 142 Å². The number of amides is 1. The number of hydrogen-bond acceptors (Lipinski definition) is 3. The quantitative estimate of drug-likeness (QED) is 0.475. The number of guanidine groups is 1. The van der Waals surface area contributed by atoms with Crippen molar-refractivity contribution in [3.05, 3.63) is 35.4 Å². The third kappa shape index (κ3) is 5.78. The molecule has 5 nitrogen and oxygen atoms in total. The van der Waals surface area contributed by atoms with Gasteiger partial charge in [0.25, 0.3) is 5.91 Å². The van der Waals surface area contributed by atoms with E-state index in [1.165, 1.54) is 0 Å². The van der Waals surface area contributed by atoms with E-state index in [9.17, 15) is 4.79 Å². The van der Waals surface area contributed by atoms with Gasteiger partial charge in [-0.1, -0.05) is 25.5 Å². The fraction of sp³-hybridized carbons (Fsp3) is 0.529. The van der Waals surface area contributed by atoms with Crippen molar-refractivity contribution < 1.29 is 4.79 Å². The zero-order valence-corrected chi connectivity index (χ0v) is 14.6. The maximum absolute atomic E-state index is 11.9. The molecular formula is C17H26N4OS. The Bertz CT molecular complexity index is 524. The molecule has 6 heteroatoms. The largest absolute Gasteiger partial charge is 0.370 e. The minimum atomic E-state index is -0.0150. The number of hydrogen-bond donors (Lipinski definition) is 2. The number of thioether (sulfide) groups is 1. The SMILES string of the molecule is CCCCNC(=O)c1ccc(CN=C(N)N2CCSCC2)cc1. The van der Waals surface area contributed by atoms with Crippen molar-refractivity contribution >= 4 is 23.6 Å². The van der Waals surface area contributed by atoms with Crippen molar-refractivity contribution in [2.24, 2.45) is 10.7 Å². The van der Waals surface area contributed by atoms with Crippen molar-refractivity contribution in [3.63, 3.8) is 0 Å². The second kappa shape index (κ2) is 9.45. The molecule has 1 aliphatic heterocycles. The van der Waals surface area contributed by atoms with Crippen LogP contribution < -0.4 is 11.1 Å². The van der Waals surface area contributed by atoms with E-state index in [2.05, 4.69) is 22.1 Å². The van der Waals surface area contributed by atoms with Gasteiger partial charge in [0.15, 0.2) is 5.96 Å². The average Bonchev–Trinajstić information content (AvgIpc) is 2.61. The first-order valence-corrected chi connectivity index (χ1v) is 9.36. The van der Waals surface area contributed by atoms with Gasteiger partial charge in [-0.2, -0.15) is 11.8 Å². The lowest BCUT2D eigenvalue weighted by atomic mass is 10.1. The summed E-state index contributed by atoms with van der Waals surface area (Å²) in [6.45, 7) is 5.32. The fourth-order valence-corrected chi connectivity index (χ4v) is 3.21. The highest BCUT2D eigenvalue weighted by molar-refractivity contribution is 7.99. The number of carbonyl (C=O) groups is 1. The van der Waals surface area contributed by atoms with Gasteiger partial charge in [0, 0.05) is 36.7 Å². The number of aliphatic imine (C=N–C) groups is 1. The summed E-state index contributed by atoms with van der Waals surface area (Å²) in [7, 11) is 0. The molecule has 23 heavy (non-hydrogen) atoms. The molecule has 2 rings (SSSR count). The summed E-state index contributed by atoms with van der Waals surface area (Å²) in [5, 5.41) is 2.92. The zero-order chi connectivity index (χ0) is 16.5. The molecule has 0 saturated carbocycles. The lowest BCUT2D eigenvalue weighted by molar-refractivity contribution is 0.0953. The molecule has 126 valence electrons. The summed E-state index contributed by atoms with van der Waals surface area (Å²) in [6.07, 6.45) is 2.08. The normalized spacial score (nSPS) is 15.5. The maximum atomic E-state index is 11.9. The maximum Gasteiger partial charge on any atom is 0.251 e. The Kier molecular flexibility index (Phi) is 7.26. The molecule has 1 fully saturated rings. The van der Waals surface area contributed by atoms with Crippen LogP contribution in [0.2, 0.25) is 0 Å². The van der Waals surface area contributed by atoms with Gasteiger partial charge in [-0.15, -0.1) is 0 Å². The second-order valence-electron chi connectivity index (χ2n) is 5.58. The summed E-state index contributed by atoms with van der Waals surface area (Å²) < 4.78 is 0. The Morgan fingerprint density at radius 1 is 1.30 bits per heavy atom. The molecule has 1 saturated heterocycles. The fourth-order valence-electron chi connectivity index (χ4n) is 2.31. The van der Waals surface area contributed by atoms with Crippen LogP contribution in [0.25, 0.3) is 0 Å². The number of nitrogens with two attached hydrogens (primary N) is 1. The smallest absolute Gasteiger partial charge is 0.251 e. The Morgan fingerprint density at radius 2 is 2.00 bits per heavy atom. The van der Waals surface area contributed by atoms with E-state index in [4.69, 9.17) is 5.73 Å². The topological polar surface area (TPSA) is 70.7 Å². The lowest BCUT2D eigenvalue weighted by Gasteiger charge is -2.27. The summed E-state index contributed by atoms with van der Waals surface area (Å²) in [4.78, 5) is 18.5. The number of nitrogens with one attached hydrogen (secondary N) is 1. The standard InChI is InChI=1S/C17H26N4OS/c1-2-3-8-19-16(22)15-6-4-14(5-7-15)13-20-17(18)21-9-11-23-12-10-21/h4-7H,2-3,8-13H2,1H3,(H2,18,20)(H,19,22). The van der Waals surface area contributed by atoms with Crippen LogP contribution in [-0.2, 0) is 6.54 Å². The van der Waals surface area contributed by atoms with E-state index in [-0.39, 0.29) is 5.91 Å². The van der Waals surface area contributed by atoms with Crippen LogP contribution >= 0.6 is 11.8 Å². The summed E-state index contributed by atoms with van der Waals surface area (Å²) in [5.74, 6) is 2.82. The van der Waals surface area contributed by atoms with Crippen molar-refractivity contribution in [3.8, 4) is 0 Å². The van der Waals surface area contributed by atoms with Crippen LogP contribution in [-0.4, -0.2) is 47.9 Å². The van der Waals surface area contributed by atoms with Crippen LogP contribution in [0.3, 0.4) is 0 Å². The van der Waals surface area contributed by atoms with E-state index < -0.39 is 0 Å². The van der Waals surface area contributed by atoms with Crippen molar-refractivity contribution in [2.75, 3.05) is 31.1 Å². The minimum absolute atomic E-state index is 0.0150. The first-order chi connectivity index (χ1) is 11.2. The molecule has 0 aromatic heterocycles. The number of nitrogens with zero attached hydrogens (tertiary/aromatic N) is 2. The van der Waals surface area contributed by atoms with Crippen LogP contribution in [0.1, 0.15) is 35.7 Å². The van der Waals surface area contributed by atoms with Crippen LogP contribution in [0.4, 0.5) is 0 Å². The Morgan fingerprint density at radius 3 is 2.65 bits per heavy atom. The van der Waals surface area contributed by atoms with E-state index in [0.29, 0.717) is 18.1 Å². The molecule has 1 heterocycles. The molecule has 0 aliphatic carbocycles. The third-order valence-corrected chi connectivity index (χ3v) is 4.73. The third-order valence-electron chi connectivity index (χ3n) is 3.79. The van der Waals surface area contributed by atoms with Gasteiger partial charge in [-0.3, -0.25) is 4.79 Å². The Balaban J connectivity index is 1.85. The van der Waals surface area contributed by atoms with Crippen molar-refractivity contribution in [2.45, 2.75) is 26.3 Å². The minimum Gasteiger partial charge on any atom is -0.370 e. The summed E-state index contributed by atoms with van der Waals surface area (Å²) in [5.41, 5.74) is 7.79. The highest BCUT2D eigenvalue weighted by Gasteiger charge is 2.12. The molecule has 0 spiro atoms. The predicted molar refractivity (Wildman–Crippen MR) is 97.9 cm³/mol. The van der Waals surface area contributed by atoms with E-state index >= 15 is 0 Å².